The van der Waals surface area contributed by atoms with Crippen molar-refractivity contribution in [1.29, 1.82) is 0 Å². The van der Waals surface area contributed by atoms with Gasteiger partial charge in [0.15, 0.2) is 0 Å². The van der Waals surface area contributed by atoms with Gasteiger partial charge in [0.05, 0.1) is 0 Å². The Morgan fingerprint density at radius 3 is 2.79 bits per heavy atom. The third-order valence-corrected chi connectivity index (χ3v) is 3.37. The summed E-state index contributed by atoms with van der Waals surface area (Å²) in [6.07, 6.45) is 2.34. The van der Waals surface area contributed by atoms with Gasteiger partial charge < -0.3 is 0 Å². The average Bonchev–Trinajstić information content (AvgIpc) is 2.18. The Balaban J connectivity index is 2.18. The van der Waals surface area contributed by atoms with Gasteiger partial charge in [-0.05, 0) is 42.2 Å². The molecule has 1 unspecified atom stereocenters. The van der Waals surface area contributed by atoms with Crippen molar-refractivity contribution < 1.29 is 0 Å². The molecule has 1 saturated heterocycles. The zero-order chi connectivity index (χ0) is 9.97. The van der Waals surface area contributed by atoms with Crippen LogP contribution in [-0.2, 0) is 0 Å². The minimum Gasteiger partial charge on any atom is -0.220 e. The van der Waals surface area contributed by atoms with Gasteiger partial charge in [-0.25, -0.2) is 4.42 Å². The molecular weight excluding hydrogens is 217 g/mol. The van der Waals surface area contributed by atoms with Crippen molar-refractivity contribution in [1.82, 2.24) is 4.42 Å². The van der Waals surface area contributed by atoms with E-state index >= 15 is 0 Å². The lowest BCUT2D eigenvalue weighted by Gasteiger charge is -2.28. The second-order valence-electron chi connectivity index (χ2n) is 3.73. The Bertz CT molecular complexity index is 314. The molecule has 0 aliphatic carbocycles. The lowest BCUT2D eigenvalue weighted by atomic mass is 9.92. The van der Waals surface area contributed by atoms with Gasteiger partial charge in [-0.1, -0.05) is 29.8 Å². The maximum atomic E-state index is 6.14. The molecule has 1 aliphatic rings. The van der Waals surface area contributed by atoms with Crippen LogP contribution in [0.4, 0.5) is 0 Å². The smallest absolute Gasteiger partial charge is 0.0441 e. The van der Waals surface area contributed by atoms with Crippen molar-refractivity contribution in [2.24, 2.45) is 0 Å². The van der Waals surface area contributed by atoms with E-state index in [4.69, 9.17) is 23.4 Å². The van der Waals surface area contributed by atoms with Crippen LogP contribution in [-0.4, -0.2) is 17.5 Å². The van der Waals surface area contributed by atoms with Gasteiger partial charge in [0.25, 0.3) is 0 Å². The molecule has 1 aromatic rings. The predicted molar refractivity (Wildman–Crippen MR) is 60.9 cm³/mol. The number of rotatable bonds is 1. The molecule has 14 heavy (non-hydrogen) atoms. The largest absolute Gasteiger partial charge is 0.220 e. The Kier molecular flexibility index (Phi) is 3.32. The van der Waals surface area contributed by atoms with Crippen LogP contribution in [0.1, 0.15) is 24.3 Å². The van der Waals surface area contributed by atoms with E-state index in [2.05, 4.69) is 6.07 Å². The van der Waals surface area contributed by atoms with Crippen LogP contribution in [0.5, 0.6) is 0 Å². The van der Waals surface area contributed by atoms with Crippen LogP contribution < -0.4 is 0 Å². The van der Waals surface area contributed by atoms with Crippen molar-refractivity contribution in [3.8, 4) is 0 Å². The lowest BCUT2D eigenvalue weighted by Crippen LogP contribution is -2.27. The first-order valence-corrected chi connectivity index (χ1v) is 5.64. The summed E-state index contributed by atoms with van der Waals surface area (Å²) in [4.78, 5) is 0. The number of hydrogen-bond donors (Lipinski definition) is 0. The minimum atomic E-state index is 0.495. The first kappa shape index (κ1) is 10.3. The van der Waals surface area contributed by atoms with E-state index in [9.17, 15) is 0 Å². The summed E-state index contributed by atoms with van der Waals surface area (Å²) in [5, 5.41) is 0.865. The van der Waals surface area contributed by atoms with Crippen LogP contribution in [0.2, 0.25) is 5.02 Å². The molecule has 1 nitrogen and oxygen atoms in total. The number of benzene rings is 1. The van der Waals surface area contributed by atoms with E-state index in [1.807, 2.05) is 22.6 Å². The third-order valence-electron chi connectivity index (χ3n) is 2.72. The van der Waals surface area contributed by atoms with Crippen LogP contribution in [0.25, 0.3) is 0 Å². The highest BCUT2D eigenvalue weighted by atomic mass is 35.5. The van der Waals surface area contributed by atoms with Gasteiger partial charge in [-0.15, -0.1) is 0 Å². The molecular formula is C11H13Cl2N. The Morgan fingerprint density at radius 2 is 2.07 bits per heavy atom. The highest BCUT2D eigenvalue weighted by molar-refractivity contribution is 6.31. The SMILES string of the molecule is Clc1ccccc1C1CCCN(Cl)C1. The molecule has 2 rings (SSSR count). The molecule has 0 N–H and O–H groups in total. The molecule has 3 heteroatoms. The van der Waals surface area contributed by atoms with Crippen molar-refractivity contribution in [3.63, 3.8) is 0 Å². The second kappa shape index (κ2) is 4.52. The minimum absolute atomic E-state index is 0.495. The highest BCUT2D eigenvalue weighted by Crippen LogP contribution is 2.31. The normalized spacial score (nSPS) is 23.7. The van der Waals surface area contributed by atoms with Gasteiger partial charge in [-0.2, -0.15) is 0 Å². The van der Waals surface area contributed by atoms with E-state index in [-0.39, 0.29) is 0 Å². The van der Waals surface area contributed by atoms with Gasteiger partial charge >= 0.3 is 0 Å². The molecule has 1 fully saturated rings. The zero-order valence-electron chi connectivity index (χ0n) is 7.92. The maximum absolute atomic E-state index is 6.14. The predicted octanol–water partition coefficient (Wildman–Crippen LogP) is 3.67. The number of piperidine rings is 1. The first-order valence-electron chi connectivity index (χ1n) is 4.92. The summed E-state index contributed by atoms with van der Waals surface area (Å²) in [7, 11) is 0. The average molecular weight is 230 g/mol. The molecule has 1 atom stereocenters. The fourth-order valence-corrected chi connectivity index (χ4v) is 2.57. The quantitative estimate of drug-likeness (QED) is 0.665. The molecule has 0 spiro atoms. The van der Waals surface area contributed by atoms with E-state index in [1.165, 1.54) is 12.0 Å². The van der Waals surface area contributed by atoms with Crippen LogP contribution in [0.15, 0.2) is 24.3 Å². The van der Waals surface area contributed by atoms with Gasteiger partial charge in [0.2, 0.25) is 0 Å². The molecule has 0 amide bonds. The highest BCUT2D eigenvalue weighted by Gasteiger charge is 2.21. The van der Waals surface area contributed by atoms with Gasteiger partial charge in [0, 0.05) is 18.1 Å². The number of hydrogen-bond acceptors (Lipinski definition) is 1. The van der Waals surface area contributed by atoms with Crippen LogP contribution in [0.3, 0.4) is 0 Å². The summed E-state index contributed by atoms with van der Waals surface area (Å²) in [5.41, 5.74) is 1.24. The Hall–Kier alpha value is -0.240. The fraction of sp³-hybridized carbons (Fsp3) is 0.455. The summed E-state index contributed by atoms with van der Waals surface area (Å²) in [6, 6.07) is 8.05. The monoisotopic (exact) mass is 229 g/mol. The van der Waals surface area contributed by atoms with Crippen LogP contribution in [0, 0.1) is 0 Å². The van der Waals surface area contributed by atoms with E-state index in [0.29, 0.717) is 5.92 Å². The van der Waals surface area contributed by atoms with Crippen LogP contribution >= 0.6 is 23.4 Å². The summed E-state index contributed by atoms with van der Waals surface area (Å²) < 4.78 is 1.86. The third kappa shape index (κ3) is 2.22. The summed E-state index contributed by atoms with van der Waals surface area (Å²) >= 11 is 12.1. The molecule has 0 saturated carbocycles. The van der Waals surface area contributed by atoms with Gasteiger partial charge in [-0.3, -0.25) is 0 Å². The summed E-state index contributed by atoms with van der Waals surface area (Å²) in [5.74, 6) is 0.495. The van der Waals surface area contributed by atoms with Gasteiger partial charge in [0.1, 0.15) is 0 Å². The first-order chi connectivity index (χ1) is 6.77. The Labute approximate surface area is 94.7 Å². The number of nitrogens with zero attached hydrogens (tertiary/aromatic N) is 1. The second-order valence-corrected chi connectivity index (χ2v) is 4.61. The Morgan fingerprint density at radius 1 is 1.29 bits per heavy atom. The fourth-order valence-electron chi connectivity index (χ4n) is 1.99. The molecule has 0 bridgehead atoms. The standard InChI is InChI=1S/C11H13Cl2N/c12-11-6-2-1-5-10(11)9-4-3-7-14(13)8-9/h1-2,5-6,9H,3-4,7-8H2. The van der Waals surface area contributed by atoms with E-state index in [1.54, 1.807) is 0 Å². The molecule has 0 aromatic heterocycles. The maximum Gasteiger partial charge on any atom is 0.0441 e. The van der Waals surface area contributed by atoms with Crippen molar-refractivity contribution in [3.05, 3.63) is 34.9 Å². The topological polar surface area (TPSA) is 3.24 Å². The number of halogens is 2. The van der Waals surface area contributed by atoms with E-state index in [0.717, 1.165) is 24.5 Å². The molecule has 0 radical (unpaired) electrons. The van der Waals surface area contributed by atoms with Crippen molar-refractivity contribution in [2.45, 2.75) is 18.8 Å². The zero-order valence-corrected chi connectivity index (χ0v) is 9.43. The molecule has 1 aromatic carbocycles. The lowest BCUT2D eigenvalue weighted by molar-refractivity contribution is 0.332. The van der Waals surface area contributed by atoms with Crippen molar-refractivity contribution >= 4 is 23.4 Å². The van der Waals surface area contributed by atoms with E-state index < -0.39 is 0 Å². The summed E-state index contributed by atoms with van der Waals surface area (Å²) in [6.45, 7) is 1.90. The molecule has 1 aliphatic heterocycles. The van der Waals surface area contributed by atoms with Crippen molar-refractivity contribution in [2.75, 3.05) is 13.1 Å². The molecule has 76 valence electrons. The molecule has 1 heterocycles.